The minimum Gasteiger partial charge on any atom is -0.309 e. The third-order valence-electron chi connectivity index (χ3n) is 20.9. The van der Waals surface area contributed by atoms with Crippen molar-refractivity contribution < 1.29 is 0 Å². The van der Waals surface area contributed by atoms with Crippen molar-refractivity contribution in [2.75, 3.05) is 0 Å². The van der Waals surface area contributed by atoms with Gasteiger partial charge in [-0.15, -0.1) is 34.0 Å². The van der Waals surface area contributed by atoms with Crippen molar-refractivity contribution in [3.8, 4) is 90.8 Å². The van der Waals surface area contributed by atoms with E-state index in [1.165, 1.54) is 126 Å². The quantitative estimate of drug-likeness (QED) is 0.151. The molecule has 1 aliphatic carbocycles. The largest absolute Gasteiger partial charge is 0.309 e. The first-order chi connectivity index (χ1) is 51.3. The van der Waals surface area contributed by atoms with E-state index >= 15 is 0 Å². The van der Waals surface area contributed by atoms with Gasteiger partial charge in [0.1, 0.15) is 0 Å². The van der Waals surface area contributed by atoms with E-state index in [-0.39, 0.29) is 5.41 Å². The van der Waals surface area contributed by atoms with Crippen LogP contribution in [0.5, 0.6) is 0 Å². The summed E-state index contributed by atoms with van der Waals surface area (Å²) in [5.74, 6) is 4.01. The molecule has 0 unspecified atom stereocenters. The molecule has 0 saturated carbocycles. The van der Waals surface area contributed by atoms with Gasteiger partial charge in [0.2, 0.25) is 0 Å². The lowest BCUT2D eigenvalue weighted by Gasteiger charge is -2.21. The number of hydrogen-bond donors (Lipinski definition) is 0. The zero-order chi connectivity index (χ0) is 68.7. The normalized spacial score (nSPS) is 12.6. The lowest BCUT2D eigenvalue weighted by atomic mass is 9.82. The fourth-order valence-electron chi connectivity index (χ4n) is 16.0. The molecular weight excluding hydrogens is 1330 g/mol. The number of aromatic nitrogens is 8. The molecule has 14 aromatic carbocycles. The van der Waals surface area contributed by atoms with Gasteiger partial charge in [-0.25, -0.2) is 29.9 Å². The van der Waals surface area contributed by atoms with Crippen molar-refractivity contribution in [2.45, 2.75) is 19.3 Å². The average Bonchev–Trinajstić information content (AvgIpc) is 1.56. The van der Waals surface area contributed by atoms with Crippen LogP contribution in [0.2, 0.25) is 0 Å². The maximum Gasteiger partial charge on any atom is 0.165 e. The third kappa shape index (κ3) is 9.54. The van der Waals surface area contributed by atoms with Gasteiger partial charge in [-0.3, -0.25) is 0 Å². The molecule has 488 valence electrons. The summed E-state index contributed by atoms with van der Waals surface area (Å²) >= 11 is 5.48. The van der Waals surface area contributed by atoms with Gasteiger partial charge in [0, 0.05) is 128 Å². The lowest BCUT2D eigenvalue weighted by molar-refractivity contribution is 0.661. The summed E-state index contributed by atoms with van der Waals surface area (Å²) < 4.78 is 12.4. The van der Waals surface area contributed by atoms with Gasteiger partial charge in [-0.1, -0.05) is 250 Å². The molecule has 8 nitrogen and oxygen atoms in total. The number of rotatable bonds is 8. The van der Waals surface area contributed by atoms with Crippen molar-refractivity contribution in [3.63, 3.8) is 0 Å². The van der Waals surface area contributed by atoms with Crippen molar-refractivity contribution in [3.05, 3.63) is 327 Å². The molecule has 7 aromatic heterocycles. The Hall–Kier alpha value is -12.6. The van der Waals surface area contributed by atoms with E-state index in [0.29, 0.717) is 34.9 Å². The minimum atomic E-state index is -0.0822. The number of benzene rings is 14. The number of nitrogens with zero attached hydrogens (tertiary/aromatic N) is 8. The lowest BCUT2D eigenvalue weighted by Crippen LogP contribution is -2.14. The Bertz CT molecular complexity index is 6960. The van der Waals surface area contributed by atoms with Crippen LogP contribution >= 0.6 is 34.0 Å². The topological polar surface area (TPSA) is 87.2 Å². The highest BCUT2D eigenvalue weighted by molar-refractivity contribution is 7.27. The van der Waals surface area contributed by atoms with Crippen LogP contribution in [0.4, 0.5) is 0 Å². The van der Waals surface area contributed by atoms with E-state index in [1.54, 1.807) is 22.7 Å². The molecule has 0 amide bonds. The van der Waals surface area contributed by atoms with E-state index in [0.717, 1.165) is 44.8 Å². The number of fused-ring (bicyclic) bond motifs is 19. The Labute approximate surface area is 609 Å². The van der Waals surface area contributed by atoms with Crippen LogP contribution in [0.3, 0.4) is 0 Å². The SMILES string of the molecule is CC1(C)c2ccccc2-c2cc3c4ccccc4n(-c4ccc5sc6c(-c7nc(-c8ccccc8)nc(-c8ccccc8)n7)cccc6c5c4)c3cc21.c1ccc(-c2nc(-c3ccccc3)nc(-c3cccc4c3sc3ccc(-n5c6ccccc6c6ccc7c8ccccc8sc7c65)cc34)n2)cc1. The average molecular weight is 1380 g/mol. The van der Waals surface area contributed by atoms with E-state index in [4.69, 9.17) is 29.9 Å². The minimum absolute atomic E-state index is 0.0822. The summed E-state index contributed by atoms with van der Waals surface area (Å²) in [4.78, 5) is 30.2. The summed E-state index contributed by atoms with van der Waals surface area (Å²) in [5.41, 5.74) is 18.5. The van der Waals surface area contributed by atoms with Crippen LogP contribution in [0.15, 0.2) is 315 Å². The van der Waals surface area contributed by atoms with Crippen LogP contribution < -0.4 is 0 Å². The third-order valence-corrected chi connectivity index (χ3v) is 24.5. The number of para-hydroxylation sites is 2. The van der Waals surface area contributed by atoms with E-state index in [1.807, 2.05) is 84.1 Å². The van der Waals surface area contributed by atoms with Crippen LogP contribution in [0, 0.1) is 0 Å². The second kappa shape index (κ2) is 23.7. The molecular formula is C93H58N8S3. The molecule has 0 atom stereocenters. The predicted molar refractivity (Wildman–Crippen MR) is 437 cm³/mol. The second-order valence-electron chi connectivity index (χ2n) is 27.2. The molecule has 0 fully saturated rings. The summed E-state index contributed by atoms with van der Waals surface area (Å²) in [5, 5.41) is 12.6. The Kier molecular flexibility index (Phi) is 13.7. The fourth-order valence-corrected chi connectivity index (χ4v) is 19.6. The molecule has 0 saturated heterocycles. The second-order valence-corrected chi connectivity index (χ2v) is 30.4. The van der Waals surface area contributed by atoms with Crippen LogP contribution in [0.25, 0.3) is 195 Å². The fraction of sp³-hybridized carbons (Fsp3) is 0.0323. The van der Waals surface area contributed by atoms with Crippen molar-refractivity contribution in [1.82, 2.24) is 39.0 Å². The highest BCUT2D eigenvalue weighted by Crippen LogP contribution is 2.52. The smallest absolute Gasteiger partial charge is 0.165 e. The zero-order valence-corrected chi connectivity index (χ0v) is 58.8. The Morgan fingerprint density at radius 2 is 0.635 bits per heavy atom. The van der Waals surface area contributed by atoms with Gasteiger partial charge >= 0.3 is 0 Å². The van der Waals surface area contributed by atoms with Gasteiger partial charge in [-0.2, -0.15) is 0 Å². The molecule has 0 spiro atoms. The number of hydrogen-bond acceptors (Lipinski definition) is 9. The zero-order valence-electron chi connectivity index (χ0n) is 56.3. The molecule has 22 rings (SSSR count). The summed E-state index contributed by atoms with van der Waals surface area (Å²) in [7, 11) is 0. The highest BCUT2D eigenvalue weighted by Gasteiger charge is 2.36. The predicted octanol–water partition coefficient (Wildman–Crippen LogP) is 25.3. The first kappa shape index (κ1) is 60.2. The summed E-state index contributed by atoms with van der Waals surface area (Å²) in [6, 6.07) is 112. The van der Waals surface area contributed by atoms with E-state index in [2.05, 4.69) is 266 Å². The Morgan fingerprint density at radius 1 is 0.240 bits per heavy atom. The van der Waals surface area contributed by atoms with Gasteiger partial charge in [0.15, 0.2) is 34.9 Å². The molecule has 0 N–H and O–H groups in total. The Morgan fingerprint density at radius 3 is 1.18 bits per heavy atom. The van der Waals surface area contributed by atoms with Gasteiger partial charge < -0.3 is 9.13 Å². The molecule has 0 bridgehead atoms. The highest BCUT2D eigenvalue weighted by atomic mass is 32.1. The molecule has 1 aliphatic rings. The molecule has 21 aromatic rings. The Balaban J connectivity index is 0.000000134. The molecule has 0 aliphatic heterocycles. The summed E-state index contributed by atoms with van der Waals surface area (Å²) in [6.45, 7) is 4.71. The van der Waals surface area contributed by atoms with Gasteiger partial charge in [0.05, 0.1) is 26.8 Å². The standard InChI is InChI=1S/C48H32N4S.C45H26N4S2/c1-48(2)39-22-11-9-18-32(39)36-27-37-33-19-10-12-23-41(33)52(42(37)28-40(36)48)31-24-25-43-38(26-31)34-20-13-21-35(44(34)53-43)47-50-45(29-14-5-3-6-15-29)49-46(51-47)30-16-7-4-8-17-30;1-3-12-27(13-4-1)43-46-44(28-14-5-2-6-15-28)48-45(47-43)35-19-11-18-33-36-26-29(22-25-39(36)50-41(33)35)49-37-20-9-7-16-30(37)32-23-24-34-31-17-8-10-21-38(31)51-42(34)40(32)49/h3-28H,1-2H3;1-26H. The summed E-state index contributed by atoms with van der Waals surface area (Å²) in [6.07, 6.45) is 0. The van der Waals surface area contributed by atoms with E-state index in [9.17, 15) is 0 Å². The maximum atomic E-state index is 5.08. The van der Waals surface area contributed by atoms with Crippen LogP contribution in [-0.4, -0.2) is 39.0 Å². The van der Waals surface area contributed by atoms with Gasteiger partial charge in [0.25, 0.3) is 0 Å². The van der Waals surface area contributed by atoms with Crippen molar-refractivity contribution >= 4 is 138 Å². The molecule has 11 heteroatoms. The maximum absolute atomic E-state index is 5.08. The first-order valence-corrected chi connectivity index (χ1v) is 37.4. The van der Waals surface area contributed by atoms with E-state index < -0.39 is 0 Å². The van der Waals surface area contributed by atoms with Crippen molar-refractivity contribution in [2.24, 2.45) is 0 Å². The molecule has 7 heterocycles. The van der Waals surface area contributed by atoms with Gasteiger partial charge in [-0.05, 0) is 101 Å². The van der Waals surface area contributed by atoms with Crippen LogP contribution in [-0.2, 0) is 5.41 Å². The first-order valence-electron chi connectivity index (χ1n) is 35.0. The monoisotopic (exact) mass is 1380 g/mol. The molecule has 0 radical (unpaired) electrons. The number of thiophene rings is 3. The van der Waals surface area contributed by atoms with Crippen LogP contribution in [0.1, 0.15) is 25.0 Å². The molecule has 104 heavy (non-hydrogen) atoms. The van der Waals surface area contributed by atoms with Crippen molar-refractivity contribution in [1.29, 1.82) is 0 Å².